The average Bonchev–Trinajstić information content (AvgIpc) is 3.74. The molecule has 2 aromatic carbocycles. The Bertz CT molecular complexity index is 1320. The van der Waals surface area contributed by atoms with Crippen LogP contribution in [0.25, 0.3) is 5.69 Å². The van der Waals surface area contributed by atoms with Crippen LogP contribution in [0, 0.1) is 12.8 Å². The molecule has 2 atom stereocenters. The molecule has 1 aromatic heterocycles. The molecule has 2 N–H and O–H groups in total. The fraction of sp³-hybridized carbons (Fsp3) is 0.433. The van der Waals surface area contributed by atoms with Crippen molar-refractivity contribution in [1.29, 1.82) is 0 Å². The number of benzene rings is 2. The zero-order valence-corrected chi connectivity index (χ0v) is 22.1. The summed E-state index contributed by atoms with van der Waals surface area (Å²) < 4.78 is 15.2. The number of likely N-dealkylation sites (tertiary alicyclic amines) is 1. The van der Waals surface area contributed by atoms with Crippen molar-refractivity contribution in [3.8, 4) is 5.69 Å². The van der Waals surface area contributed by atoms with E-state index in [0.29, 0.717) is 24.1 Å². The molecule has 0 unspecified atom stereocenters. The van der Waals surface area contributed by atoms with Gasteiger partial charge >= 0.3 is 0 Å². The van der Waals surface area contributed by atoms with Gasteiger partial charge in [0, 0.05) is 43.6 Å². The Morgan fingerprint density at radius 1 is 1.11 bits per heavy atom. The first-order chi connectivity index (χ1) is 18.4. The fourth-order valence-electron chi connectivity index (χ4n) is 5.17. The van der Waals surface area contributed by atoms with E-state index >= 15 is 0 Å². The summed E-state index contributed by atoms with van der Waals surface area (Å²) in [5.74, 6) is 0.270. The van der Waals surface area contributed by atoms with Gasteiger partial charge in [-0.15, -0.1) is 0 Å². The lowest BCUT2D eigenvalue weighted by atomic mass is 9.93. The van der Waals surface area contributed by atoms with E-state index in [4.69, 9.17) is 0 Å². The summed E-state index contributed by atoms with van der Waals surface area (Å²) in [5, 5.41) is 6.45. The molecule has 1 saturated carbocycles. The average molecular weight is 518 g/mol. The number of halogens is 1. The number of aryl methyl sites for hydroxylation is 1. The van der Waals surface area contributed by atoms with E-state index in [9.17, 15) is 14.0 Å². The lowest BCUT2D eigenvalue weighted by molar-refractivity contribution is 0.0951. The molecule has 38 heavy (non-hydrogen) atoms. The fourth-order valence-corrected chi connectivity index (χ4v) is 5.17. The van der Waals surface area contributed by atoms with Crippen LogP contribution in [0.3, 0.4) is 0 Å². The van der Waals surface area contributed by atoms with Gasteiger partial charge < -0.3 is 15.5 Å². The van der Waals surface area contributed by atoms with E-state index < -0.39 is 6.17 Å². The number of anilines is 1. The molecule has 1 amide bonds. The lowest BCUT2D eigenvalue weighted by Crippen LogP contribution is -2.39. The van der Waals surface area contributed by atoms with Gasteiger partial charge in [0.05, 0.1) is 11.7 Å². The Morgan fingerprint density at radius 2 is 1.84 bits per heavy atom. The predicted molar refractivity (Wildman–Crippen MR) is 148 cm³/mol. The van der Waals surface area contributed by atoms with Gasteiger partial charge in [-0.2, -0.15) is 0 Å². The molecule has 1 aliphatic heterocycles. The molecule has 5 rings (SSSR count). The van der Waals surface area contributed by atoms with Crippen molar-refractivity contribution in [2.24, 2.45) is 5.92 Å². The van der Waals surface area contributed by atoms with Crippen molar-refractivity contribution in [2.75, 3.05) is 25.0 Å². The molecule has 1 saturated heterocycles. The largest absolute Gasteiger partial charge is 0.358 e. The normalized spacial score (nSPS) is 18.1. The van der Waals surface area contributed by atoms with Gasteiger partial charge in [0.25, 0.3) is 11.5 Å². The van der Waals surface area contributed by atoms with Gasteiger partial charge in [-0.1, -0.05) is 43.3 Å². The molecule has 0 radical (unpaired) electrons. The van der Waals surface area contributed by atoms with Gasteiger partial charge in [0.2, 0.25) is 0 Å². The summed E-state index contributed by atoms with van der Waals surface area (Å²) in [6.45, 7) is 6.35. The van der Waals surface area contributed by atoms with Crippen LogP contribution in [-0.2, 0) is 0 Å². The number of rotatable bonds is 9. The number of hydrogen-bond acceptors (Lipinski definition) is 5. The molecule has 8 heteroatoms. The number of nitrogens with one attached hydrogen (secondary N) is 2. The van der Waals surface area contributed by atoms with Crippen molar-refractivity contribution in [1.82, 2.24) is 19.8 Å². The standard InChI is InChI=1S/C30H36FN5O2/c1-20-8-9-23(29(37)33-25-10-11-25)18-26(20)36-17-14-32-28(30(36)38)34-27(22-6-4-3-5-7-22)21(2)19-35-15-12-24(31)13-16-35/h3-9,14,17-18,21,24-25,27H,10-13,15-16,19H2,1-2H3,(H,32,34)(H,33,37)/t21-,27+/m0/s1. The summed E-state index contributed by atoms with van der Waals surface area (Å²) in [6, 6.07) is 15.6. The first kappa shape index (κ1) is 26.1. The Hall–Kier alpha value is -3.52. The molecular formula is C30H36FN5O2. The van der Waals surface area contributed by atoms with Gasteiger partial charge in [-0.3, -0.25) is 14.2 Å². The number of amides is 1. The highest BCUT2D eigenvalue weighted by Crippen LogP contribution is 2.27. The van der Waals surface area contributed by atoms with E-state index in [1.807, 2.05) is 31.2 Å². The molecule has 1 aliphatic carbocycles. The van der Waals surface area contributed by atoms with Crippen LogP contribution in [0.5, 0.6) is 0 Å². The maximum absolute atomic E-state index is 13.7. The number of carbonyl (C=O) groups excluding carboxylic acids is 1. The molecule has 3 aromatic rings. The number of carbonyl (C=O) groups is 1. The number of aromatic nitrogens is 2. The maximum atomic E-state index is 13.7. The number of nitrogens with zero attached hydrogens (tertiary/aromatic N) is 3. The van der Waals surface area contributed by atoms with Crippen molar-refractivity contribution >= 4 is 11.7 Å². The molecule has 7 nitrogen and oxygen atoms in total. The molecule has 200 valence electrons. The summed E-state index contributed by atoms with van der Waals surface area (Å²) in [5.41, 5.74) is 2.86. The number of piperidine rings is 1. The highest BCUT2D eigenvalue weighted by molar-refractivity contribution is 5.95. The summed E-state index contributed by atoms with van der Waals surface area (Å²) >= 11 is 0. The SMILES string of the molecule is Cc1ccc(C(=O)NC2CC2)cc1-n1ccnc(N[C@@H](c2ccccc2)[C@@H](C)CN2CCC(F)CC2)c1=O. The molecule has 0 spiro atoms. The van der Waals surface area contributed by atoms with Crippen LogP contribution in [0.1, 0.15) is 60.1 Å². The summed E-state index contributed by atoms with van der Waals surface area (Å²) in [4.78, 5) is 33.1. The minimum Gasteiger partial charge on any atom is -0.358 e. The van der Waals surface area contributed by atoms with E-state index in [1.165, 1.54) is 0 Å². The second kappa shape index (κ2) is 11.5. The van der Waals surface area contributed by atoms with E-state index in [2.05, 4.69) is 39.6 Å². The highest BCUT2D eigenvalue weighted by atomic mass is 19.1. The van der Waals surface area contributed by atoms with Gasteiger partial charge in [0.15, 0.2) is 5.82 Å². The molecule has 2 fully saturated rings. The van der Waals surface area contributed by atoms with Crippen LogP contribution in [0.15, 0.2) is 65.7 Å². The van der Waals surface area contributed by atoms with Gasteiger partial charge in [-0.05, 0) is 61.8 Å². The van der Waals surface area contributed by atoms with Crippen molar-refractivity contribution in [2.45, 2.75) is 57.8 Å². The Labute approximate surface area is 223 Å². The predicted octanol–water partition coefficient (Wildman–Crippen LogP) is 4.66. The van der Waals surface area contributed by atoms with Crippen LogP contribution in [0.4, 0.5) is 10.2 Å². The second-order valence-electron chi connectivity index (χ2n) is 10.7. The molecule has 0 bridgehead atoms. The van der Waals surface area contributed by atoms with E-state index in [1.54, 1.807) is 29.1 Å². The molecule has 2 heterocycles. The quantitative estimate of drug-likeness (QED) is 0.432. The Morgan fingerprint density at radius 3 is 2.55 bits per heavy atom. The monoisotopic (exact) mass is 517 g/mol. The van der Waals surface area contributed by atoms with Crippen molar-refractivity contribution in [3.63, 3.8) is 0 Å². The van der Waals surface area contributed by atoms with Crippen LogP contribution in [-0.4, -0.2) is 52.2 Å². The smallest absolute Gasteiger partial charge is 0.297 e. The third-order valence-electron chi connectivity index (χ3n) is 7.57. The van der Waals surface area contributed by atoms with Gasteiger partial charge in [-0.25, -0.2) is 9.37 Å². The molecular weight excluding hydrogens is 481 g/mol. The second-order valence-corrected chi connectivity index (χ2v) is 10.7. The number of hydrogen-bond donors (Lipinski definition) is 2. The van der Waals surface area contributed by atoms with Crippen molar-refractivity contribution in [3.05, 3.63) is 88.0 Å². The molecule has 2 aliphatic rings. The lowest BCUT2D eigenvalue weighted by Gasteiger charge is -2.34. The summed E-state index contributed by atoms with van der Waals surface area (Å²) in [6.07, 6.45) is 5.70. The minimum absolute atomic E-state index is 0.121. The Kier molecular flexibility index (Phi) is 7.88. The number of alkyl halides is 1. The topological polar surface area (TPSA) is 79.3 Å². The third kappa shape index (κ3) is 6.13. The zero-order valence-electron chi connectivity index (χ0n) is 22.1. The minimum atomic E-state index is -0.710. The Balaban J connectivity index is 1.42. The third-order valence-corrected chi connectivity index (χ3v) is 7.57. The van der Waals surface area contributed by atoms with Crippen LogP contribution < -0.4 is 16.2 Å². The highest BCUT2D eigenvalue weighted by Gasteiger charge is 2.27. The van der Waals surface area contributed by atoms with Crippen LogP contribution in [0.2, 0.25) is 0 Å². The van der Waals surface area contributed by atoms with Crippen molar-refractivity contribution < 1.29 is 9.18 Å². The first-order valence-corrected chi connectivity index (χ1v) is 13.6. The maximum Gasteiger partial charge on any atom is 0.297 e. The van der Waals surface area contributed by atoms with E-state index in [-0.39, 0.29) is 35.3 Å². The first-order valence-electron chi connectivity index (χ1n) is 13.6. The summed E-state index contributed by atoms with van der Waals surface area (Å²) in [7, 11) is 0. The zero-order chi connectivity index (χ0) is 26.6. The van der Waals surface area contributed by atoms with E-state index in [0.717, 1.165) is 43.6 Å². The van der Waals surface area contributed by atoms with Gasteiger partial charge in [0.1, 0.15) is 6.17 Å². The van der Waals surface area contributed by atoms with Crippen LogP contribution >= 0.6 is 0 Å².